The Morgan fingerprint density at radius 3 is 2.15 bits per heavy atom. The van der Waals surface area contributed by atoms with Crippen LogP contribution < -0.4 is 5.32 Å². The van der Waals surface area contributed by atoms with E-state index in [2.05, 4.69) is 65.2 Å². The molecule has 0 saturated carbocycles. The summed E-state index contributed by atoms with van der Waals surface area (Å²) in [4.78, 5) is 0. The highest BCUT2D eigenvalue weighted by molar-refractivity contribution is 5.37. The summed E-state index contributed by atoms with van der Waals surface area (Å²) in [6.45, 7) is 11.4. The Morgan fingerprint density at radius 1 is 0.950 bits per heavy atom. The standard InChI is InChI=1S/C19H33N/c1-7-8-9-10-19(20-6)17-12-11-16(14(2)3)13-18(17)15(4)5/h11-15,19-20H,7-10H2,1-6H3. The van der Waals surface area contributed by atoms with Crippen molar-refractivity contribution in [3.63, 3.8) is 0 Å². The lowest BCUT2D eigenvalue weighted by Crippen LogP contribution is -2.18. The summed E-state index contributed by atoms with van der Waals surface area (Å²) in [5, 5.41) is 3.52. The van der Waals surface area contributed by atoms with Crippen molar-refractivity contribution >= 4 is 0 Å². The molecular weight excluding hydrogens is 242 g/mol. The van der Waals surface area contributed by atoms with Gasteiger partial charge in [-0.2, -0.15) is 0 Å². The molecule has 0 saturated heterocycles. The third kappa shape index (κ3) is 4.63. The lowest BCUT2D eigenvalue weighted by Gasteiger charge is -2.23. The summed E-state index contributed by atoms with van der Waals surface area (Å²) < 4.78 is 0. The van der Waals surface area contributed by atoms with Crippen molar-refractivity contribution in [3.8, 4) is 0 Å². The zero-order valence-corrected chi connectivity index (χ0v) is 14.3. The molecule has 0 radical (unpaired) electrons. The molecule has 1 rings (SSSR count). The van der Waals surface area contributed by atoms with Gasteiger partial charge in [0.25, 0.3) is 0 Å². The molecule has 0 bridgehead atoms. The monoisotopic (exact) mass is 275 g/mol. The van der Waals surface area contributed by atoms with Crippen LogP contribution in [0.25, 0.3) is 0 Å². The Morgan fingerprint density at radius 2 is 1.65 bits per heavy atom. The number of hydrogen-bond donors (Lipinski definition) is 1. The first kappa shape index (κ1) is 17.2. The molecule has 1 aromatic rings. The van der Waals surface area contributed by atoms with Gasteiger partial charge in [-0.05, 0) is 42.0 Å². The maximum atomic E-state index is 3.52. The largest absolute Gasteiger partial charge is 0.313 e. The third-order valence-corrected chi connectivity index (χ3v) is 4.22. The summed E-state index contributed by atoms with van der Waals surface area (Å²) in [5.74, 6) is 1.19. The molecule has 0 aliphatic rings. The normalized spacial score (nSPS) is 13.2. The molecule has 1 heteroatoms. The van der Waals surface area contributed by atoms with Crippen molar-refractivity contribution < 1.29 is 0 Å². The Bertz CT molecular complexity index is 393. The van der Waals surface area contributed by atoms with Gasteiger partial charge in [0.1, 0.15) is 0 Å². The molecule has 0 spiro atoms. The molecule has 0 fully saturated rings. The van der Waals surface area contributed by atoms with Gasteiger partial charge in [0.2, 0.25) is 0 Å². The van der Waals surface area contributed by atoms with Crippen LogP contribution in [0, 0.1) is 0 Å². The highest BCUT2D eigenvalue weighted by atomic mass is 14.9. The van der Waals surface area contributed by atoms with Crippen LogP contribution in [0.1, 0.15) is 94.9 Å². The summed E-state index contributed by atoms with van der Waals surface area (Å²) in [5.41, 5.74) is 4.48. The van der Waals surface area contributed by atoms with Crippen LogP contribution in [-0.2, 0) is 0 Å². The molecule has 20 heavy (non-hydrogen) atoms. The first-order valence-corrected chi connectivity index (χ1v) is 8.32. The fourth-order valence-corrected chi connectivity index (χ4v) is 2.82. The average molecular weight is 275 g/mol. The van der Waals surface area contributed by atoms with Crippen molar-refractivity contribution in [1.29, 1.82) is 0 Å². The molecule has 0 amide bonds. The predicted molar refractivity (Wildman–Crippen MR) is 90.6 cm³/mol. The molecule has 1 nitrogen and oxygen atoms in total. The third-order valence-electron chi connectivity index (χ3n) is 4.22. The molecule has 1 aromatic carbocycles. The van der Waals surface area contributed by atoms with E-state index in [0.717, 1.165) is 0 Å². The minimum atomic E-state index is 0.500. The number of benzene rings is 1. The van der Waals surface area contributed by atoms with Crippen LogP contribution in [0.5, 0.6) is 0 Å². The molecule has 1 unspecified atom stereocenters. The topological polar surface area (TPSA) is 12.0 Å². The highest BCUT2D eigenvalue weighted by Crippen LogP contribution is 2.31. The van der Waals surface area contributed by atoms with Crippen LogP contribution in [-0.4, -0.2) is 7.05 Å². The molecule has 0 heterocycles. The van der Waals surface area contributed by atoms with E-state index in [9.17, 15) is 0 Å². The smallest absolute Gasteiger partial charge is 0.0320 e. The number of rotatable bonds is 8. The van der Waals surface area contributed by atoms with Gasteiger partial charge in [-0.25, -0.2) is 0 Å². The SMILES string of the molecule is CCCCCC(NC)c1ccc(C(C)C)cc1C(C)C. The second-order valence-electron chi connectivity index (χ2n) is 6.53. The fraction of sp³-hybridized carbons (Fsp3) is 0.684. The minimum Gasteiger partial charge on any atom is -0.313 e. The van der Waals surface area contributed by atoms with E-state index in [1.165, 1.54) is 42.4 Å². The summed E-state index contributed by atoms with van der Waals surface area (Å²) in [7, 11) is 2.09. The predicted octanol–water partition coefficient (Wildman–Crippen LogP) is 5.77. The Labute approximate surface area is 126 Å². The van der Waals surface area contributed by atoms with Crippen LogP contribution in [0.15, 0.2) is 18.2 Å². The highest BCUT2D eigenvalue weighted by Gasteiger charge is 2.16. The van der Waals surface area contributed by atoms with Crippen LogP contribution >= 0.6 is 0 Å². The second-order valence-corrected chi connectivity index (χ2v) is 6.53. The number of hydrogen-bond acceptors (Lipinski definition) is 1. The van der Waals surface area contributed by atoms with Gasteiger partial charge >= 0.3 is 0 Å². The van der Waals surface area contributed by atoms with Crippen LogP contribution in [0.2, 0.25) is 0 Å². The van der Waals surface area contributed by atoms with Crippen molar-refractivity contribution in [2.24, 2.45) is 0 Å². The van der Waals surface area contributed by atoms with Gasteiger partial charge in [0.15, 0.2) is 0 Å². The second kappa shape index (κ2) is 8.46. The van der Waals surface area contributed by atoms with Crippen molar-refractivity contribution in [2.45, 2.75) is 78.2 Å². The molecule has 114 valence electrons. The minimum absolute atomic E-state index is 0.500. The number of unbranched alkanes of at least 4 members (excludes halogenated alkanes) is 2. The van der Waals surface area contributed by atoms with Gasteiger partial charge in [0.05, 0.1) is 0 Å². The van der Waals surface area contributed by atoms with Crippen LogP contribution in [0.4, 0.5) is 0 Å². The van der Waals surface area contributed by atoms with Gasteiger partial charge in [-0.3, -0.25) is 0 Å². The molecule has 0 aliphatic heterocycles. The van der Waals surface area contributed by atoms with Gasteiger partial charge in [-0.1, -0.05) is 72.1 Å². The molecular formula is C19H33N. The molecule has 1 N–H and O–H groups in total. The maximum absolute atomic E-state index is 3.52. The Kier molecular flexibility index (Phi) is 7.29. The van der Waals surface area contributed by atoms with Gasteiger partial charge in [0, 0.05) is 6.04 Å². The van der Waals surface area contributed by atoms with E-state index in [1.54, 1.807) is 0 Å². The van der Waals surface area contributed by atoms with Crippen molar-refractivity contribution in [2.75, 3.05) is 7.05 Å². The van der Waals surface area contributed by atoms with Crippen molar-refractivity contribution in [3.05, 3.63) is 34.9 Å². The van der Waals surface area contributed by atoms with E-state index in [4.69, 9.17) is 0 Å². The summed E-state index contributed by atoms with van der Waals surface area (Å²) >= 11 is 0. The van der Waals surface area contributed by atoms with Crippen molar-refractivity contribution in [1.82, 2.24) is 5.32 Å². The fourth-order valence-electron chi connectivity index (χ4n) is 2.82. The maximum Gasteiger partial charge on any atom is 0.0320 e. The molecule has 1 atom stereocenters. The summed E-state index contributed by atoms with van der Waals surface area (Å²) in [6, 6.07) is 7.60. The van der Waals surface area contributed by atoms with E-state index >= 15 is 0 Å². The first-order chi connectivity index (χ1) is 9.51. The Balaban J connectivity index is 3.01. The van der Waals surface area contributed by atoms with E-state index in [-0.39, 0.29) is 0 Å². The van der Waals surface area contributed by atoms with E-state index < -0.39 is 0 Å². The quantitative estimate of drug-likeness (QED) is 0.593. The Hall–Kier alpha value is -0.820. The van der Waals surface area contributed by atoms with Gasteiger partial charge in [-0.15, -0.1) is 0 Å². The molecule has 0 aliphatic carbocycles. The average Bonchev–Trinajstić information content (AvgIpc) is 2.43. The lowest BCUT2D eigenvalue weighted by molar-refractivity contribution is 0.506. The number of nitrogens with one attached hydrogen (secondary N) is 1. The zero-order valence-electron chi connectivity index (χ0n) is 14.3. The van der Waals surface area contributed by atoms with Crippen LogP contribution in [0.3, 0.4) is 0 Å². The van der Waals surface area contributed by atoms with E-state index in [0.29, 0.717) is 17.9 Å². The lowest BCUT2D eigenvalue weighted by atomic mass is 9.87. The molecule has 0 aromatic heterocycles. The first-order valence-electron chi connectivity index (χ1n) is 8.32. The van der Waals surface area contributed by atoms with Gasteiger partial charge < -0.3 is 5.32 Å². The zero-order chi connectivity index (χ0) is 15.1. The van der Waals surface area contributed by atoms with E-state index in [1.807, 2.05) is 0 Å². The summed E-state index contributed by atoms with van der Waals surface area (Å²) in [6.07, 6.45) is 5.18.